The van der Waals surface area contributed by atoms with Crippen LogP contribution in [0.4, 0.5) is 0 Å². The third-order valence-electron chi connectivity index (χ3n) is 2.36. The lowest BCUT2D eigenvalue weighted by molar-refractivity contribution is 0.265. The highest BCUT2D eigenvalue weighted by Gasteiger charge is 2.05. The highest BCUT2D eigenvalue weighted by molar-refractivity contribution is 4.58. The first kappa shape index (κ1) is 11.0. The Balaban J connectivity index is 3.27. The summed E-state index contributed by atoms with van der Waals surface area (Å²) in [6.45, 7) is 7.17. The van der Waals surface area contributed by atoms with Crippen molar-refractivity contribution >= 4 is 0 Å². The van der Waals surface area contributed by atoms with E-state index in [-0.39, 0.29) is 0 Å². The molecule has 0 aliphatic heterocycles. The van der Waals surface area contributed by atoms with Crippen molar-refractivity contribution < 1.29 is 5.11 Å². The number of hydrogen-bond donors (Lipinski definition) is 1. The minimum Gasteiger partial charge on any atom is -0.396 e. The zero-order chi connectivity index (χ0) is 8.69. The maximum absolute atomic E-state index is 8.61. The molecule has 1 heteroatoms. The topological polar surface area (TPSA) is 20.2 Å². The van der Waals surface area contributed by atoms with Gasteiger partial charge in [-0.15, -0.1) is 0 Å². The van der Waals surface area contributed by atoms with Gasteiger partial charge in [0.15, 0.2) is 0 Å². The lowest BCUT2D eigenvalue weighted by Crippen LogP contribution is -2.02. The van der Waals surface area contributed by atoms with Crippen molar-refractivity contribution in [3.63, 3.8) is 0 Å². The van der Waals surface area contributed by atoms with Crippen LogP contribution in [0.3, 0.4) is 0 Å². The minimum absolute atomic E-state index is 0.352. The summed E-state index contributed by atoms with van der Waals surface area (Å²) in [6.07, 6.45) is 4.75. The first-order chi connectivity index (χ1) is 5.20. The molecule has 0 fully saturated rings. The molecule has 2 atom stereocenters. The van der Waals surface area contributed by atoms with Gasteiger partial charge in [-0.2, -0.15) is 0 Å². The fourth-order valence-corrected chi connectivity index (χ4v) is 1.41. The van der Waals surface area contributed by atoms with E-state index in [9.17, 15) is 0 Å². The van der Waals surface area contributed by atoms with Gasteiger partial charge < -0.3 is 5.11 Å². The van der Waals surface area contributed by atoms with E-state index in [1.807, 2.05) is 0 Å². The van der Waals surface area contributed by atoms with Crippen molar-refractivity contribution in [2.24, 2.45) is 11.8 Å². The Hall–Kier alpha value is -0.0400. The van der Waals surface area contributed by atoms with E-state index in [4.69, 9.17) is 5.11 Å². The fraction of sp³-hybridized carbons (Fsp3) is 1.00. The molecule has 0 aromatic carbocycles. The van der Waals surface area contributed by atoms with E-state index in [1.165, 1.54) is 19.3 Å². The summed E-state index contributed by atoms with van der Waals surface area (Å²) < 4.78 is 0. The van der Waals surface area contributed by atoms with Crippen LogP contribution in [-0.2, 0) is 0 Å². The van der Waals surface area contributed by atoms with Gasteiger partial charge in [-0.25, -0.2) is 0 Å². The monoisotopic (exact) mass is 158 g/mol. The summed E-state index contributed by atoms with van der Waals surface area (Å²) in [5.41, 5.74) is 0. The van der Waals surface area contributed by atoms with E-state index in [0.717, 1.165) is 18.3 Å². The third-order valence-corrected chi connectivity index (χ3v) is 2.36. The average Bonchev–Trinajstić information content (AvgIpc) is 2.00. The number of aliphatic hydroxyl groups is 1. The lowest BCUT2D eigenvalue weighted by atomic mass is 9.92. The molecule has 0 bridgehead atoms. The Morgan fingerprint density at radius 3 is 2.27 bits per heavy atom. The summed E-state index contributed by atoms with van der Waals surface area (Å²) >= 11 is 0. The maximum atomic E-state index is 8.61. The molecule has 0 unspecified atom stereocenters. The molecule has 0 saturated heterocycles. The van der Waals surface area contributed by atoms with Gasteiger partial charge in [-0.05, 0) is 31.1 Å². The van der Waals surface area contributed by atoms with Gasteiger partial charge in [0, 0.05) is 6.61 Å². The number of rotatable bonds is 6. The van der Waals surface area contributed by atoms with Crippen molar-refractivity contribution in [1.82, 2.24) is 0 Å². The van der Waals surface area contributed by atoms with Crippen molar-refractivity contribution in [3.8, 4) is 0 Å². The molecule has 1 nitrogen and oxygen atoms in total. The van der Waals surface area contributed by atoms with Gasteiger partial charge in [0.2, 0.25) is 0 Å². The van der Waals surface area contributed by atoms with Crippen LogP contribution in [-0.4, -0.2) is 11.7 Å². The van der Waals surface area contributed by atoms with Gasteiger partial charge in [0.1, 0.15) is 0 Å². The van der Waals surface area contributed by atoms with Crippen LogP contribution in [0.25, 0.3) is 0 Å². The first-order valence-corrected chi connectivity index (χ1v) is 4.81. The SMILES string of the molecule is CC[C@H](C)C[C@H](C)CCCO. The number of aliphatic hydroxyl groups excluding tert-OH is 1. The quantitative estimate of drug-likeness (QED) is 0.630. The van der Waals surface area contributed by atoms with E-state index in [1.54, 1.807) is 0 Å². The van der Waals surface area contributed by atoms with Gasteiger partial charge in [0.25, 0.3) is 0 Å². The Bertz CT molecular complexity index is 80.9. The molecule has 0 rings (SSSR count). The molecular weight excluding hydrogens is 136 g/mol. The van der Waals surface area contributed by atoms with Crippen LogP contribution >= 0.6 is 0 Å². The summed E-state index contributed by atoms with van der Waals surface area (Å²) in [4.78, 5) is 0. The summed E-state index contributed by atoms with van der Waals surface area (Å²) in [6, 6.07) is 0. The van der Waals surface area contributed by atoms with Crippen molar-refractivity contribution in [2.75, 3.05) is 6.61 Å². The second-order valence-corrected chi connectivity index (χ2v) is 3.72. The fourth-order valence-electron chi connectivity index (χ4n) is 1.41. The molecule has 0 spiro atoms. The Kier molecular flexibility index (Phi) is 6.63. The zero-order valence-electron chi connectivity index (χ0n) is 8.14. The minimum atomic E-state index is 0.352. The van der Waals surface area contributed by atoms with Crippen LogP contribution < -0.4 is 0 Å². The normalized spacial score (nSPS) is 16.4. The molecule has 1 N–H and O–H groups in total. The molecule has 0 heterocycles. The van der Waals surface area contributed by atoms with Crippen LogP contribution in [0.5, 0.6) is 0 Å². The summed E-state index contributed by atoms with van der Waals surface area (Å²) in [7, 11) is 0. The third kappa shape index (κ3) is 6.36. The molecular formula is C10H22O. The van der Waals surface area contributed by atoms with Gasteiger partial charge in [-0.1, -0.05) is 27.2 Å². The Morgan fingerprint density at radius 2 is 1.82 bits per heavy atom. The molecule has 0 aromatic heterocycles. The van der Waals surface area contributed by atoms with Crippen molar-refractivity contribution in [1.29, 1.82) is 0 Å². The lowest BCUT2D eigenvalue weighted by Gasteiger charge is -2.14. The van der Waals surface area contributed by atoms with E-state index >= 15 is 0 Å². The predicted octanol–water partition coefficient (Wildman–Crippen LogP) is 2.83. The van der Waals surface area contributed by atoms with Crippen molar-refractivity contribution in [3.05, 3.63) is 0 Å². The highest BCUT2D eigenvalue weighted by Crippen LogP contribution is 2.18. The van der Waals surface area contributed by atoms with Gasteiger partial charge >= 0.3 is 0 Å². The standard InChI is InChI=1S/C10H22O/c1-4-9(2)8-10(3)6-5-7-11/h9-11H,4-8H2,1-3H3/t9-,10+/m0/s1. The van der Waals surface area contributed by atoms with Gasteiger partial charge in [0.05, 0.1) is 0 Å². The van der Waals surface area contributed by atoms with Crippen molar-refractivity contribution in [2.45, 2.75) is 46.5 Å². The molecule has 0 aliphatic rings. The average molecular weight is 158 g/mol. The molecule has 0 aliphatic carbocycles. The zero-order valence-corrected chi connectivity index (χ0v) is 8.14. The first-order valence-electron chi connectivity index (χ1n) is 4.81. The molecule has 0 aromatic rings. The Morgan fingerprint density at radius 1 is 1.18 bits per heavy atom. The number of hydrogen-bond acceptors (Lipinski definition) is 1. The Labute approximate surface area is 70.8 Å². The molecule has 0 radical (unpaired) electrons. The molecule has 11 heavy (non-hydrogen) atoms. The van der Waals surface area contributed by atoms with E-state index in [0.29, 0.717) is 6.61 Å². The highest BCUT2D eigenvalue weighted by atomic mass is 16.2. The van der Waals surface area contributed by atoms with Crippen LogP contribution in [0.2, 0.25) is 0 Å². The van der Waals surface area contributed by atoms with Crippen LogP contribution in [0.15, 0.2) is 0 Å². The second-order valence-electron chi connectivity index (χ2n) is 3.72. The van der Waals surface area contributed by atoms with E-state index in [2.05, 4.69) is 20.8 Å². The molecule has 68 valence electrons. The maximum Gasteiger partial charge on any atom is 0.0431 e. The van der Waals surface area contributed by atoms with E-state index < -0.39 is 0 Å². The summed E-state index contributed by atoms with van der Waals surface area (Å²) in [5, 5.41) is 8.61. The largest absolute Gasteiger partial charge is 0.396 e. The van der Waals surface area contributed by atoms with Crippen LogP contribution in [0, 0.1) is 11.8 Å². The van der Waals surface area contributed by atoms with Crippen LogP contribution in [0.1, 0.15) is 46.5 Å². The molecule has 0 amide bonds. The summed E-state index contributed by atoms with van der Waals surface area (Å²) in [5.74, 6) is 1.64. The molecule has 0 saturated carbocycles. The predicted molar refractivity (Wildman–Crippen MR) is 49.6 cm³/mol. The van der Waals surface area contributed by atoms with Gasteiger partial charge in [-0.3, -0.25) is 0 Å². The second kappa shape index (κ2) is 6.66. The smallest absolute Gasteiger partial charge is 0.0431 e.